The summed E-state index contributed by atoms with van der Waals surface area (Å²) in [4.78, 5) is 19.8. The van der Waals surface area contributed by atoms with E-state index in [9.17, 15) is 23.4 Å². The maximum Gasteiger partial charge on any atom is 0.259 e. The normalized spacial score (nSPS) is 21.8. The van der Waals surface area contributed by atoms with Crippen LogP contribution in [0.1, 0.15) is 61.0 Å². The van der Waals surface area contributed by atoms with Crippen molar-refractivity contribution in [2.75, 3.05) is 26.7 Å². The molecule has 1 aliphatic heterocycles. The number of carbonyl (C=O) groups is 1. The van der Waals surface area contributed by atoms with Gasteiger partial charge in [-0.2, -0.15) is 4.31 Å². The minimum absolute atomic E-state index is 0.0304. The van der Waals surface area contributed by atoms with Crippen molar-refractivity contribution in [2.24, 2.45) is 5.92 Å². The van der Waals surface area contributed by atoms with E-state index in [1.54, 1.807) is 42.2 Å². The third-order valence-corrected chi connectivity index (χ3v) is 9.40. The molecule has 1 aromatic carbocycles. The lowest BCUT2D eigenvalue weighted by molar-refractivity contribution is 0.0373. The molecule has 210 valence electrons. The minimum atomic E-state index is -3.78. The van der Waals surface area contributed by atoms with Crippen molar-refractivity contribution in [2.45, 2.75) is 69.1 Å². The first-order valence-corrected chi connectivity index (χ1v) is 14.7. The molecule has 0 saturated heterocycles. The van der Waals surface area contributed by atoms with Crippen LogP contribution in [0.25, 0.3) is 0 Å². The lowest BCUT2D eigenvalue weighted by Crippen LogP contribution is -2.50. The molecular weight excluding hydrogens is 518 g/mol. The van der Waals surface area contributed by atoms with E-state index >= 15 is 0 Å². The van der Waals surface area contributed by atoms with Gasteiger partial charge in [-0.25, -0.2) is 13.4 Å². The molecule has 2 heterocycles. The molecule has 3 atom stereocenters. The molecule has 0 bridgehead atoms. The SMILES string of the molecule is Cc1ccc(S(=O)(=O)N(C)C[C@@H]2Oc3ncc(C#CC4(O)CCCC4)cc3C(=O)N([C@H](C)CO)C[C@H]2C)cc1. The van der Waals surface area contributed by atoms with Gasteiger partial charge in [0.05, 0.1) is 24.1 Å². The number of benzene rings is 1. The number of aryl methyl sites for hydroxylation is 1. The van der Waals surface area contributed by atoms with E-state index in [4.69, 9.17) is 4.74 Å². The maximum absolute atomic E-state index is 13.6. The average molecular weight is 556 g/mol. The molecule has 10 heteroatoms. The molecule has 1 fully saturated rings. The average Bonchev–Trinajstić information content (AvgIpc) is 3.35. The van der Waals surface area contributed by atoms with Crippen LogP contribution in [0.3, 0.4) is 0 Å². The second-order valence-corrected chi connectivity index (χ2v) is 12.8. The first kappa shape index (κ1) is 29.0. The number of likely N-dealkylation sites (N-methyl/N-ethyl adjacent to an activating group) is 1. The van der Waals surface area contributed by atoms with E-state index in [-0.39, 0.29) is 47.9 Å². The molecule has 4 rings (SSSR count). The maximum atomic E-state index is 13.6. The predicted molar refractivity (Wildman–Crippen MR) is 147 cm³/mol. The van der Waals surface area contributed by atoms with E-state index in [1.165, 1.54) is 17.5 Å². The number of rotatable bonds is 6. The highest BCUT2D eigenvalue weighted by Gasteiger charge is 2.36. The highest BCUT2D eigenvalue weighted by atomic mass is 32.2. The Labute approximate surface area is 230 Å². The Balaban J connectivity index is 1.66. The summed E-state index contributed by atoms with van der Waals surface area (Å²) in [6.45, 7) is 5.57. The Hall–Kier alpha value is -2.97. The Morgan fingerprint density at radius 2 is 1.92 bits per heavy atom. The van der Waals surface area contributed by atoms with Gasteiger partial charge in [-0.15, -0.1) is 0 Å². The van der Waals surface area contributed by atoms with Crippen molar-refractivity contribution in [3.05, 3.63) is 53.2 Å². The number of sulfonamides is 1. The molecule has 2 aliphatic rings. The van der Waals surface area contributed by atoms with Crippen LogP contribution < -0.4 is 4.74 Å². The molecule has 39 heavy (non-hydrogen) atoms. The van der Waals surface area contributed by atoms with E-state index in [2.05, 4.69) is 16.8 Å². The topological polar surface area (TPSA) is 120 Å². The summed E-state index contributed by atoms with van der Waals surface area (Å²) in [7, 11) is -2.28. The Bertz CT molecular complexity index is 1360. The smallest absolute Gasteiger partial charge is 0.259 e. The molecule has 1 saturated carbocycles. The first-order chi connectivity index (χ1) is 18.4. The Morgan fingerprint density at radius 3 is 2.56 bits per heavy atom. The second-order valence-electron chi connectivity index (χ2n) is 10.8. The van der Waals surface area contributed by atoms with Crippen LogP contribution in [0.5, 0.6) is 5.88 Å². The van der Waals surface area contributed by atoms with Crippen LogP contribution in [0, 0.1) is 24.7 Å². The molecule has 2 aromatic rings. The molecule has 0 radical (unpaired) electrons. The van der Waals surface area contributed by atoms with Gasteiger partial charge in [0.1, 0.15) is 17.3 Å². The van der Waals surface area contributed by atoms with Crippen LogP contribution in [0.4, 0.5) is 0 Å². The van der Waals surface area contributed by atoms with Gasteiger partial charge in [0.2, 0.25) is 15.9 Å². The van der Waals surface area contributed by atoms with Gasteiger partial charge >= 0.3 is 0 Å². The van der Waals surface area contributed by atoms with Crippen molar-refractivity contribution in [1.82, 2.24) is 14.2 Å². The van der Waals surface area contributed by atoms with Crippen LogP contribution in [-0.4, -0.2) is 83.2 Å². The third-order valence-electron chi connectivity index (χ3n) is 7.56. The van der Waals surface area contributed by atoms with Gasteiger partial charge in [0.25, 0.3) is 5.91 Å². The van der Waals surface area contributed by atoms with E-state index in [0.717, 1.165) is 18.4 Å². The summed E-state index contributed by atoms with van der Waals surface area (Å²) < 4.78 is 34.0. The molecule has 0 spiro atoms. The third kappa shape index (κ3) is 6.44. The van der Waals surface area contributed by atoms with Crippen LogP contribution in [-0.2, 0) is 10.0 Å². The predicted octanol–water partition coefficient (Wildman–Crippen LogP) is 2.59. The number of nitrogens with zero attached hydrogens (tertiary/aromatic N) is 3. The number of aliphatic hydroxyl groups is 2. The number of amides is 1. The number of ether oxygens (including phenoxy) is 1. The van der Waals surface area contributed by atoms with Crippen LogP contribution in [0.2, 0.25) is 0 Å². The van der Waals surface area contributed by atoms with Gasteiger partial charge in [0.15, 0.2) is 0 Å². The molecule has 9 nitrogen and oxygen atoms in total. The molecule has 0 unspecified atom stereocenters. The summed E-state index contributed by atoms with van der Waals surface area (Å²) in [5.74, 6) is 5.35. The highest BCUT2D eigenvalue weighted by molar-refractivity contribution is 7.89. The largest absolute Gasteiger partial charge is 0.472 e. The minimum Gasteiger partial charge on any atom is -0.472 e. The second kappa shape index (κ2) is 11.6. The van der Waals surface area contributed by atoms with Crippen molar-refractivity contribution in [3.8, 4) is 17.7 Å². The van der Waals surface area contributed by atoms with Gasteiger partial charge in [-0.1, -0.05) is 36.5 Å². The summed E-state index contributed by atoms with van der Waals surface area (Å²) in [5, 5.41) is 20.5. The van der Waals surface area contributed by atoms with Gasteiger partial charge in [-0.3, -0.25) is 4.79 Å². The van der Waals surface area contributed by atoms with Gasteiger partial charge in [0, 0.05) is 31.3 Å². The first-order valence-electron chi connectivity index (χ1n) is 13.3. The number of hydrogen-bond donors (Lipinski definition) is 2. The number of pyridine rings is 1. The van der Waals surface area contributed by atoms with Crippen LogP contribution >= 0.6 is 0 Å². The van der Waals surface area contributed by atoms with Gasteiger partial charge < -0.3 is 19.8 Å². The van der Waals surface area contributed by atoms with Gasteiger partial charge in [-0.05, 0) is 57.7 Å². The Morgan fingerprint density at radius 1 is 1.26 bits per heavy atom. The van der Waals surface area contributed by atoms with E-state index < -0.39 is 27.8 Å². The molecule has 2 N–H and O–H groups in total. The zero-order valence-electron chi connectivity index (χ0n) is 22.9. The lowest BCUT2D eigenvalue weighted by Gasteiger charge is -2.37. The summed E-state index contributed by atoms with van der Waals surface area (Å²) in [5.41, 5.74) is 0.574. The monoisotopic (exact) mass is 555 g/mol. The zero-order valence-corrected chi connectivity index (χ0v) is 23.7. The number of aliphatic hydroxyl groups excluding tert-OH is 1. The van der Waals surface area contributed by atoms with E-state index in [1.807, 2.05) is 13.8 Å². The number of carbonyl (C=O) groups excluding carboxylic acids is 1. The molecule has 1 amide bonds. The fourth-order valence-electron chi connectivity index (χ4n) is 4.90. The van der Waals surface area contributed by atoms with E-state index in [0.29, 0.717) is 18.4 Å². The fourth-order valence-corrected chi connectivity index (χ4v) is 6.09. The molecule has 1 aliphatic carbocycles. The quantitative estimate of drug-likeness (QED) is 0.526. The molecular formula is C29H37N3O6S. The number of aromatic nitrogens is 1. The summed E-state index contributed by atoms with van der Waals surface area (Å²) in [6, 6.07) is 7.77. The number of fused-ring (bicyclic) bond motifs is 1. The summed E-state index contributed by atoms with van der Waals surface area (Å²) in [6.07, 6.45) is 3.93. The zero-order chi connectivity index (χ0) is 28.4. The number of hydrogen-bond acceptors (Lipinski definition) is 7. The lowest BCUT2D eigenvalue weighted by atomic mass is 10.00. The standard InChI is InChI=1S/C29H37N3O6S/c1-20-7-9-24(10-8-20)39(36,37)31(4)18-26-21(2)17-32(22(3)19-33)28(34)25-15-23(16-30-27(25)38-26)11-14-29(35)12-5-6-13-29/h7-10,15-16,21-22,26,33,35H,5-6,12-13,17-19H2,1-4H3/t21-,22-,26+/m1/s1. The van der Waals surface area contributed by atoms with Crippen LogP contribution in [0.15, 0.2) is 41.4 Å². The van der Waals surface area contributed by atoms with Crippen molar-refractivity contribution >= 4 is 15.9 Å². The fraction of sp³-hybridized carbons (Fsp3) is 0.517. The molecule has 1 aromatic heterocycles. The van der Waals surface area contributed by atoms with Crippen molar-refractivity contribution in [3.63, 3.8) is 0 Å². The summed E-state index contributed by atoms with van der Waals surface area (Å²) >= 11 is 0. The van der Waals surface area contributed by atoms with Crippen molar-refractivity contribution in [1.29, 1.82) is 0 Å². The highest BCUT2D eigenvalue weighted by Crippen LogP contribution is 2.30. The Kier molecular flexibility index (Phi) is 8.66. The van der Waals surface area contributed by atoms with Crippen molar-refractivity contribution < 1.29 is 28.2 Å².